The molecule has 1 aliphatic heterocycles. The fraction of sp³-hybridized carbons (Fsp3) is 0.190. The predicted octanol–water partition coefficient (Wildman–Crippen LogP) is 3.15. The van der Waals surface area contributed by atoms with Gasteiger partial charge in [0.25, 0.3) is 5.91 Å². The molecule has 2 heterocycles. The minimum Gasteiger partial charge on any atom is -0.423 e. The molecule has 1 unspecified atom stereocenters. The van der Waals surface area contributed by atoms with Gasteiger partial charge in [0.1, 0.15) is 11.6 Å². The number of amides is 2. The third kappa shape index (κ3) is 3.10. The van der Waals surface area contributed by atoms with Crippen molar-refractivity contribution in [3.63, 3.8) is 0 Å². The highest BCUT2D eigenvalue weighted by molar-refractivity contribution is 6.23. The number of nitrogens with zero attached hydrogens (tertiary/aromatic N) is 1. The first-order valence-electron chi connectivity index (χ1n) is 8.67. The van der Waals surface area contributed by atoms with E-state index < -0.39 is 11.7 Å². The molecule has 0 saturated carbocycles. The van der Waals surface area contributed by atoms with E-state index in [1.807, 2.05) is 26.0 Å². The van der Waals surface area contributed by atoms with Gasteiger partial charge in [-0.3, -0.25) is 9.59 Å². The maximum atomic E-state index is 12.8. The lowest BCUT2D eigenvalue weighted by Gasteiger charge is -2.18. The van der Waals surface area contributed by atoms with E-state index in [1.54, 1.807) is 30.3 Å². The van der Waals surface area contributed by atoms with Gasteiger partial charge in [-0.1, -0.05) is 17.7 Å². The van der Waals surface area contributed by atoms with Gasteiger partial charge >= 0.3 is 5.63 Å². The van der Waals surface area contributed by atoms with Crippen molar-refractivity contribution >= 4 is 34.2 Å². The van der Waals surface area contributed by atoms with E-state index >= 15 is 0 Å². The molecule has 1 atom stereocenters. The van der Waals surface area contributed by atoms with Crippen LogP contribution in [-0.2, 0) is 9.59 Å². The molecule has 6 nitrogen and oxygen atoms in total. The van der Waals surface area contributed by atoms with Gasteiger partial charge in [-0.15, -0.1) is 0 Å². The first-order valence-corrected chi connectivity index (χ1v) is 8.67. The quantitative estimate of drug-likeness (QED) is 0.572. The van der Waals surface area contributed by atoms with Crippen LogP contribution in [-0.4, -0.2) is 17.9 Å². The van der Waals surface area contributed by atoms with E-state index in [0.717, 1.165) is 16.5 Å². The molecule has 1 saturated heterocycles. The van der Waals surface area contributed by atoms with Crippen LogP contribution in [0.15, 0.2) is 57.7 Å². The highest BCUT2D eigenvalue weighted by Gasteiger charge is 2.40. The Balaban J connectivity index is 1.60. The number of benzene rings is 2. The first-order chi connectivity index (χ1) is 12.9. The summed E-state index contributed by atoms with van der Waals surface area (Å²) in [6.07, 6.45) is 0.0913. The second kappa shape index (κ2) is 6.39. The van der Waals surface area contributed by atoms with Crippen molar-refractivity contribution in [2.75, 3.05) is 10.2 Å². The topological polar surface area (TPSA) is 79.6 Å². The molecule has 0 spiro atoms. The molecule has 0 radical (unpaired) electrons. The Bertz CT molecular complexity index is 1130. The Morgan fingerprint density at radius 3 is 2.59 bits per heavy atom. The summed E-state index contributed by atoms with van der Waals surface area (Å²) in [6.45, 7) is 3.86. The second-order valence-electron chi connectivity index (χ2n) is 6.77. The lowest BCUT2D eigenvalue weighted by atomic mass is 10.1. The Morgan fingerprint density at radius 1 is 1.00 bits per heavy atom. The standard InChI is InChI=1S/C21H18N2O4/c1-12-3-6-17(13(2)9-12)23-19(24)11-16(21(23)26)22-15-5-7-18-14(10-15)4-8-20(25)27-18/h3-10,16,22H,11H2,1-2H3. The minimum absolute atomic E-state index is 0.0913. The predicted molar refractivity (Wildman–Crippen MR) is 103 cm³/mol. The van der Waals surface area contributed by atoms with Crippen LogP contribution < -0.4 is 15.8 Å². The van der Waals surface area contributed by atoms with Crippen molar-refractivity contribution in [2.45, 2.75) is 26.3 Å². The van der Waals surface area contributed by atoms with Crippen molar-refractivity contribution < 1.29 is 14.0 Å². The maximum absolute atomic E-state index is 12.8. The molecule has 136 valence electrons. The van der Waals surface area contributed by atoms with Crippen LogP contribution in [0.2, 0.25) is 0 Å². The molecule has 2 aromatic carbocycles. The highest BCUT2D eigenvalue weighted by Crippen LogP contribution is 2.29. The number of rotatable bonds is 3. The molecule has 6 heteroatoms. The number of imide groups is 1. The second-order valence-corrected chi connectivity index (χ2v) is 6.77. The molecule has 1 aliphatic rings. The molecule has 27 heavy (non-hydrogen) atoms. The lowest BCUT2D eigenvalue weighted by Crippen LogP contribution is -2.35. The molecule has 2 amide bonds. The summed E-state index contributed by atoms with van der Waals surface area (Å²) in [4.78, 5) is 37.9. The Labute approximate surface area is 155 Å². The molecule has 3 aromatic rings. The zero-order valence-electron chi connectivity index (χ0n) is 15.0. The van der Waals surface area contributed by atoms with Gasteiger partial charge in [-0.2, -0.15) is 0 Å². The molecule has 0 aliphatic carbocycles. The monoisotopic (exact) mass is 362 g/mol. The van der Waals surface area contributed by atoms with Crippen molar-refractivity contribution in [3.05, 3.63) is 70.1 Å². The summed E-state index contributed by atoms with van der Waals surface area (Å²) in [7, 11) is 0. The number of nitrogens with one attached hydrogen (secondary N) is 1. The average Bonchev–Trinajstić information content (AvgIpc) is 2.89. The third-order valence-corrected chi connectivity index (χ3v) is 4.70. The first kappa shape index (κ1) is 17.0. The number of hydrogen-bond donors (Lipinski definition) is 1. The van der Waals surface area contributed by atoms with Gasteiger partial charge in [0, 0.05) is 17.1 Å². The fourth-order valence-electron chi connectivity index (χ4n) is 3.42. The summed E-state index contributed by atoms with van der Waals surface area (Å²) in [6, 6.07) is 13.2. The normalized spacial score (nSPS) is 17.0. The van der Waals surface area contributed by atoms with E-state index in [-0.39, 0.29) is 18.2 Å². The molecule has 1 aromatic heterocycles. The summed E-state index contributed by atoms with van der Waals surface area (Å²) in [5.74, 6) is -0.497. The van der Waals surface area contributed by atoms with Gasteiger partial charge in [-0.05, 0) is 49.7 Å². The molecule has 1 N–H and O–H groups in total. The van der Waals surface area contributed by atoms with E-state index in [2.05, 4.69) is 5.32 Å². The molecule has 4 rings (SSSR count). The smallest absolute Gasteiger partial charge is 0.336 e. The van der Waals surface area contributed by atoms with Crippen LogP contribution in [0.25, 0.3) is 11.0 Å². The average molecular weight is 362 g/mol. The number of carbonyl (C=O) groups excluding carboxylic acids is 2. The zero-order chi connectivity index (χ0) is 19.1. The van der Waals surface area contributed by atoms with Crippen LogP contribution in [0.3, 0.4) is 0 Å². The van der Waals surface area contributed by atoms with E-state index in [1.165, 1.54) is 11.0 Å². The summed E-state index contributed by atoms with van der Waals surface area (Å²) in [5, 5.41) is 3.87. The van der Waals surface area contributed by atoms with Crippen molar-refractivity contribution in [1.29, 1.82) is 0 Å². The maximum Gasteiger partial charge on any atom is 0.336 e. The Morgan fingerprint density at radius 2 is 1.81 bits per heavy atom. The largest absolute Gasteiger partial charge is 0.423 e. The van der Waals surface area contributed by atoms with Crippen LogP contribution in [0.5, 0.6) is 0 Å². The molecular weight excluding hydrogens is 344 g/mol. The van der Waals surface area contributed by atoms with Crippen molar-refractivity contribution in [2.24, 2.45) is 0 Å². The Kier molecular flexibility index (Phi) is 4.03. The van der Waals surface area contributed by atoms with Gasteiger partial charge in [0.15, 0.2) is 0 Å². The fourth-order valence-corrected chi connectivity index (χ4v) is 3.42. The van der Waals surface area contributed by atoms with Crippen LogP contribution >= 0.6 is 0 Å². The van der Waals surface area contributed by atoms with Crippen LogP contribution in [0.4, 0.5) is 11.4 Å². The Hall–Kier alpha value is -3.41. The van der Waals surface area contributed by atoms with E-state index in [9.17, 15) is 14.4 Å². The number of carbonyl (C=O) groups is 2. The molecular formula is C21H18N2O4. The van der Waals surface area contributed by atoms with E-state index in [0.29, 0.717) is 17.0 Å². The number of fused-ring (bicyclic) bond motifs is 1. The van der Waals surface area contributed by atoms with Crippen LogP contribution in [0, 0.1) is 13.8 Å². The summed E-state index contributed by atoms with van der Waals surface area (Å²) in [5.41, 5.74) is 3.33. The van der Waals surface area contributed by atoms with Crippen molar-refractivity contribution in [1.82, 2.24) is 0 Å². The SMILES string of the molecule is Cc1ccc(N2C(=O)CC(Nc3ccc4oc(=O)ccc4c3)C2=O)c(C)c1. The zero-order valence-corrected chi connectivity index (χ0v) is 15.0. The van der Waals surface area contributed by atoms with E-state index in [4.69, 9.17) is 4.42 Å². The number of anilines is 2. The van der Waals surface area contributed by atoms with Gasteiger partial charge in [0.05, 0.1) is 12.1 Å². The number of aryl methyl sites for hydroxylation is 2. The van der Waals surface area contributed by atoms with Gasteiger partial charge < -0.3 is 9.73 Å². The van der Waals surface area contributed by atoms with Gasteiger partial charge in [-0.25, -0.2) is 9.69 Å². The minimum atomic E-state index is -0.633. The summed E-state index contributed by atoms with van der Waals surface area (Å²) >= 11 is 0. The molecule has 0 bridgehead atoms. The van der Waals surface area contributed by atoms with Gasteiger partial charge in [0.2, 0.25) is 5.91 Å². The highest BCUT2D eigenvalue weighted by atomic mass is 16.4. The number of hydrogen-bond acceptors (Lipinski definition) is 5. The third-order valence-electron chi connectivity index (χ3n) is 4.70. The van der Waals surface area contributed by atoms with Crippen LogP contribution in [0.1, 0.15) is 17.5 Å². The molecule has 1 fully saturated rings. The summed E-state index contributed by atoms with van der Waals surface area (Å²) < 4.78 is 5.11. The lowest BCUT2D eigenvalue weighted by molar-refractivity contribution is -0.121. The van der Waals surface area contributed by atoms with Crippen molar-refractivity contribution in [3.8, 4) is 0 Å².